The van der Waals surface area contributed by atoms with Crippen LogP contribution in [-0.4, -0.2) is 27.2 Å². The number of nitrogen functional groups attached to an aromatic ring is 1. The molecule has 7 heteroatoms. The molecule has 0 unspecified atom stereocenters. The van der Waals surface area contributed by atoms with Gasteiger partial charge in [0, 0.05) is 12.7 Å². The number of anilines is 3. The largest absolute Gasteiger partial charge is 0.328 e. The Kier molecular flexibility index (Phi) is 3.19. The molecule has 0 fully saturated rings. The molecule has 0 amide bonds. The maximum absolute atomic E-state index is 5.44. The quantitative estimate of drug-likeness (QED) is 0.503. The molecule has 2 aromatic heterocycles. The molecule has 0 saturated carbocycles. The predicted molar refractivity (Wildman–Crippen MR) is 83.5 cm³/mol. The lowest BCUT2D eigenvalue weighted by molar-refractivity contribution is 1.06. The minimum absolute atomic E-state index is 0.346. The summed E-state index contributed by atoms with van der Waals surface area (Å²) in [5.74, 6) is 6.53. The van der Waals surface area contributed by atoms with Gasteiger partial charge in [0.1, 0.15) is 5.82 Å². The van der Waals surface area contributed by atoms with Crippen molar-refractivity contribution < 1.29 is 0 Å². The van der Waals surface area contributed by atoms with Crippen LogP contribution in [-0.2, 0) is 0 Å². The fourth-order valence-electron chi connectivity index (χ4n) is 2.44. The molecule has 108 valence electrons. The van der Waals surface area contributed by atoms with E-state index in [2.05, 4.69) is 57.6 Å². The van der Waals surface area contributed by atoms with Crippen molar-refractivity contribution >= 4 is 28.5 Å². The average molecular weight is 283 g/mol. The number of benzene rings is 1. The van der Waals surface area contributed by atoms with Gasteiger partial charge in [-0.25, -0.2) is 5.84 Å². The van der Waals surface area contributed by atoms with Gasteiger partial charge in [-0.15, -0.1) is 0 Å². The van der Waals surface area contributed by atoms with Crippen molar-refractivity contribution in [1.82, 2.24) is 20.2 Å². The molecule has 0 aliphatic carbocycles. The van der Waals surface area contributed by atoms with Gasteiger partial charge in [0.15, 0.2) is 5.65 Å². The number of nitrogens with two attached hydrogens (primary N) is 1. The maximum atomic E-state index is 5.44. The van der Waals surface area contributed by atoms with Crippen LogP contribution in [0.15, 0.2) is 24.4 Å². The van der Waals surface area contributed by atoms with E-state index in [9.17, 15) is 0 Å². The lowest BCUT2D eigenvalue weighted by Crippen LogP contribution is -2.16. The highest BCUT2D eigenvalue weighted by molar-refractivity contribution is 5.90. The number of hydrazine groups is 1. The third-order valence-electron chi connectivity index (χ3n) is 3.45. The number of aryl methyl sites for hydroxylation is 2. The molecule has 4 N–H and O–H groups in total. The summed E-state index contributed by atoms with van der Waals surface area (Å²) in [5.41, 5.74) is 6.60. The minimum atomic E-state index is 0.346. The first-order valence-electron chi connectivity index (χ1n) is 6.59. The molecule has 0 spiro atoms. The van der Waals surface area contributed by atoms with Gasteiger partial charge in [-0.05, 0) is 25.5 Å². The Morgan fingerprint density at radius 1 is 1.24 bits per heavy atom. The summed E-state index contributed by atoms with van der Waals surface area (Å²) in [7, 11) is 1.97. The zero-order valence-corrected chi connectivity index (χ0v) is 12.2. The molecule has 0 aliphatic heterocycles. The first kappa shape index (κ1) is 13.3. The number of nitrogens with one attached hydrogen (secondary N) is 2. The van der Waals surface area contributed by atoms with Gasteiger partial charge < -0.3 is 4.90 Å². The Morgan fingerprint density at radius 2 is 2.05 bits per heavy atom. The monoisotopic (exact) mass is 283 g/mol. The standard InChI is InChI=1S/C14H17N7/c1-8-4-5-11(9(2)6-8)21(3)13-10-7-16-20-12(10)17-14(18-13)19-15/h4-7H,15H2,1-3H3,(H2,16,17,18,19,20). The fraction of sp³-hybridized carbons (Fsp3) is 0.214. The summed E-state index contributed by atoms with van der Waals surface area (Å²) >= 11 is 0. The molecule has 0 aliphatic rings. The molecule has 0 saturated heterocycles. The molecular weight excluding hydrogens is 266 g/mol. The van der Waals surface area contributed by atoms with E-state index in [0.717, 1.165) is 16.9 Å². The lowest BCUT2D eigenvalue weighted by Gasteiger charge is -2.21. The summed E-state index contributed by atoms with van der Waals surface area (Å²) < 4.78 is 0. The lowest BCUT2D eigenvalue weighted by atomic mass is 10.1. The van der Waals surface area contributed by atoms with Crippen molar-refractivity contribution in [2.75, 3.05) is 17.4 Å². The fourth-order valence-corrected chi connectivity index (χ4v) is 2.44. The van der Waals surface area contributed by atoms with Crippen molar-refractivity contribution in [3.05, 3.63) is 35.5 Å². The summed E-state index contributed by atoms with van der Waals surface area (Å²) in [5, 5.41) is 7.71. The van der Waals surface area contributed by atoms with Crippen molar-refractivity contribution in [2.24, 2.45) is 5.84 Å². The van der Waals surface area contributed by atoms with E-state index in [1.165, 1.54) is 11.1 Å². The van der Waals surface area contributed by atoms with Crippen molar-refractivity contribution in [2.45, 2.75) is 13.8 Å². The first-order chi connectivity index (χ1) is 10.1. The zero-order valence-electron chi connectivity index (χ0n) is 12.2. The van der Waals surface area contributed by atoms with E-state index in [4.69, 9.17) is 5.84 Å². The Balaban J connectivity index is 2.16. The van der Waals surface area contributed by atoms with Crippen LogP contribution in [0, 0.1) is 13.8 Å². The maximum Gasteiger partial charge on any atom is 0.241 e. The molecule has 3 aromatic rings. The van der Waals surface area contributed by atoms with E-state index in [1.807, 2.05) is 11.9 Å². The highest BCUT2D eigenvalue weighted by Crippen LogP contribution is 2.30. The van der Waals surface area contributed by atoms with E-state index < -0.39 is 0 Å². The highest BCUT2D eigenvalue weighted by atomic mass is 15.3. The predicted octanol–water partition coefficient (Wildman–Crippen LogP) is 2.02. The summed E-state index contributed by atoms with van der Waals surface area (Å²) in [4.78, 5) is 10.7. The number of H-pyrrole nitrogens is 1. The van der Waals surface area contributed by atoms with E-state index in [1.54, 1.807) is 6.20 Å². The van der Waals surface area contributed by atoms with Gasteiger partial charge in [-0.1, -0.05) is 17.7 Å². The minimum Gasteiger partial charge on any atom is -0.328 e. The number of aromatic nitrogens is 4. The smallest absolute Gasteiger partial charge is 0.241 e. The number of fused-ring (bicyclic) bond motifs is 1. The van der Waals surface area contributed by atoms with Crippen LogP contribution in [0.2, 0.25) is 0 Å². The third kappa shape index (κ3) is 2.27. The Bertz CT molecular complexity index is 793. The number of rotatable bonds is 3. The number of nitrogens with zero attached hydrogens (tertiary/aromatic N) is 4. The van der Waals surface area contributed by atoms with E-state index >= 15 is 0 Å². The highest BCUT2D eigenvalue weighted by Gasteiger charge is 2.15. The second-order valence-corrected chi connectivity index (χ2v) is 5.00. The van der Waals surface area contributed by atoms with E-state index in [0.29, 0.717) is 11.6 Å². The molecule has 21 heavy (non-hydrogen) atoms. The second-order valence-electron chi connectivity index (χ2n) is 5.00. The molecule has 7 nitrogen and oxygen atoms in total. The second kappa shape index (κ2) is 5.02. The van der Waals surface area contributed by atoms with Crippen LogP contribution in [0.3, 0.4) is 0 Å². The molecule has 0 bridgehead atoms. The van der Waals surface area contributed by atoms with Gasteiger partial charge in [0.2, 0.25) is 5.95 Å². The van der Waals surface area contributed by atoms with Crippen molar-refractivity contribution in [3.8, 4) is 0 Å². The third-order valence-corrected chi connectivity index (χ3v) is 3.45. The average Bonchev–Trinajstić information content (AvgIpc) is 2.93. The Morgan fingerprint density at radius 3 is 2.76 bits per heavy atom. The zero-order chi connectivity index (χ0) is 15.0. The topological polar surface area (TPSA) is 95.8 Å². The van der Waals surface area contributed by atoms with Gasteiger partial charge in [-0.3, -0.25) is 10.5 Å². The summed E-state index contributed by atoms with van der Waals surface area (Å²) in [6.45, 7) is 4.15. The first-order valence-corrected chi connectivity index (χ1v) is 6.59. The molecule has 0 radical (unpaired) electrons. The molecule has 3 rings (SSSR count). The number of hydrogen-bond acceptors (Lipinski definition) is 6. The van der Waals surface area contributed by atoms with Crippen LogP contribution < -0.4 is 16.2 Å². The van der Waals surface area contributed by atoms with Gasteiger partial charge in [0.05, 0.1) is 11.6 Å². The van der Waals surface area contributed by atoms with Crippen LogP contribution in [0.1, 0.15) is 11.1 Å². The molecule has 1 aromatic carbocycles. The van der Waals surface area contributed by atoms with Crippen LogP contribution >= 0.6 is 0 Å². The van der Waals surface area contributed by atoms with Gasteiger partial charge >= 0.3 is 0 Å². The SMILES string of the molecule is Cc1ccc(N(C)c2nc(NN)nc3[nH]ncc23)c(C)c1. The summed E-state index contributed by atoms with van der Waals surface area (Å²) in [6.07, 6.45) is 1.71. The Hall–Kier alpha value is -2.67. The van der Waals surface area contributed by atoms with Crippen LogP contribution in [0.25, 0.3) is 11.0 Å². The molecule has 2 heterocycles. The Labute approximate surface area is 122 Å². The number of hydrogen-bond donors (Lipinski definition) is 3. The summed E-state index contributed by atoms with van der Waals surface area (Å²) in [6, 6.07) is 6.30. The van der Waals surface area contributed by atoms with Crippen molar-refractivity contribution in [3.63, 3.8) is 0 Å². The van der Waals surface area contributed by atoms with Gasteiger partial charge in [-0.2, -0.15) is 15.1 Å². The normalized spacial score (nSPS) is 10.9. The number of aromatic amines is 1. The van der Waals surface area contributed by atoms with Gasteiger partial charge in [0.25, 0.3) is 0 Å². The van der Waals surface area contributed by atoms with Crippen LogP contribution in [0.5, 0.6) is 0 Å². The van der Waals surface area contributed by atoms with Crippen LogP contribution in [0.4, 0.5) is 17.5 Å². The van der Waals surface area contributed by atoms with Crippen molar-refractivity contribution in [1.29, 1.82) is 0 Å². The molecule has 0 atom stereocenters. The van der Waals surface area contributed by atoms with E-state index in [-0.39, 0.29) is 0 Å². The molecular formula is C14H17N7.